The molecule has 1 fully saturated rings. The predicted octanol–water partition coefficient (Wildman–Crippen LogP) is 5.02. The van der Waals surface area contributed by atoms with Gasteiger partial charge in [0, 0.05) is 0 Å². The fourth-order valence-electron chi connectivity index (χ4n) is 4.95. The lowest BCUT2D eigenvalue weighted by Gasteiger charge is -2.31. The van der Waals surface area contributed by atoms with Crippen molar-refractivity contribution in [3.05, 3.63) is 35.6 Å². The zero-order valence-electron chi connectivity index (χ0n) is 25.3. The number of aromatic nitrogens is 1. The molecule has 40 heavy (non-hydrogen) atoms. The summed E-state index contributed by atoms with van der Waals surface area (Å²) in [4.78, 5) is 56.6. The van der Waals surface area contributed by atoms with Crippen molar-refractivity contribution in [3.8, 4) is 0 Å². The first-order valence-corrected chi connectivity index (χ1v) is 14.4. The van der Waals surface area contributed by atoms with Crippen molar-refractivity contribution in [2.45, 2.75) is 106 Å². The molecule has 0 aromatic carbocycles. The van der Waals surface area contributed by atoms with Crippen LogP contribution in [0.4, 0.5) is 0 Å². The maximum atomic E-state index is 13.5. The largest absolute Gasteiger partial charge is 0.456 e. The van der Waals surface area contributed by atoms with Crippen LogP contribution < -0.4 is 10.6 Å². The Kier molecular flexibility index (Phi) is 12.8. The number of hydrogen-bond donors (Lipinski definition) is 2. The highest BCUT2D eigenvalue weighted by Gasteiger charge is 2.37. The monoisotopic (exact) mass is 557 g/mol. The van der Waals surface area contributed by atoms with Crippen LogP contribution in [0, 0.1) is 23.7 Å². The van der Waals surface area contributed by atoms with Crippen molar-refractivity contribution in [2.75, 3.05) is 0 Å². The van der Waals surface area contributed by atoms with Crippen LogP contribution in [-0.2, 0) is 23.9 Å². The predicted molar refractivity (Wildman–Crippen MR) is 154 cm³/mol. The van der Waals surface area contributed by atoms with Crippen LogP contribution in [0.2, 0.25) is 0 Å². The number of amides is 2. The molecule has 0 aliphatic carbocycles. The fraction of sp³-hybridized carbons (Fsp3) is 0.645. The minimum atomic E-state index is -0.901. The van der Waals surface area contributed by atoms with Crippen molar-refractivity contribution in [1.29, 1.82) is 0 Å². The molecule has 9 nitrogen and oxygen atoms in total. The van der Waals surface area contributed by atoms with Crippen molar-refractivity contribution >= 4 is 29.6 Å². The maximum absolute atomic E-state index is 13.5. The van der Waals surface area contributed by atoms with Gasteiger partial charge < -0.3 is 19.8 Å². The summed E-state index contributed by atoms with van der Waals surface area (Å²) >= 11 is 0. The summed E-state index contributed by atoms with van der Waals surface area (Å²) in [5.41, 5.74) is 2.11. The molecule has 1 unspecified atom stereocenters. The molecule has 0 spiro atoms. The number of allylic oxidation sites excluding steroid dienone is 2. The number of esters is 1. The second-order valence-corrected chi connectivity index (χ2v) is 11.6. The summed E-state index contributed by atoms with van der Waals surface area (Å²) < 4.78 is 11.2. The van der Waals surface area contributed by atoms with E-state index in [1.807, 2.05) is 53.7 Å². The van der Waals surface area contributed by atoms with Gasteiger partial charge >= 0.3 is 5.97 Å². The van der Waals surface area contributed by atoms with Crippen LogP contribution in [0.1, 0.15) is 93.3 Å². The Labute approximate surface area is 238 Å². The zero-order valence-corrected chi connectivity index (χ0v) is 25.3. The summed E-state index contributed by atoms with van der Waals surface area (Å²) in [6.07, 6.45) is 8.39. The average molecular weight is 558 g/mol. The molecular weight excluding hydrogens is 510 g/mol. The maximum Gasteiger partial charge on any atom is 0.329 e. The summed E-state index contributed by atoms with van der Waals surface area (Å²) in [5, 5.41) is 5.58. The van der Waals surface area contributed by atoms with Gasteiger partial charge in [0.2, 0.25) is 11.8 Å². The van der Waals surface area contributed by atoms with E-state index in [4.69, 9.17) is 9.15 Å². The van der Waals surface area contributed by atoms with Crippen LogP contribution in [-0.4, -0.2) is 46.7 Å². The van der Waals surface area contributed by atoms with Gasteiger partial charge in [-0.2, -0.15) is 0 Å². The van der Waals surface area contributed by atoms with E-state index in [9.17, 15) is 19.2 Å². The number of nitrogens with zero attached hydrogens (tertiary/aromatic N) is 1. The molecular formula is C31H47N3O6. The number of Topliss-reactive ketones (excluding diaryl/α,β-unsaturated/α-hetero) is 1. The molecule has 2 rings (SSSR count). The van der Waals surface area contributed by atoms with Crippen LogP contribution in [0.3, 0.4) is 0 Å². The van der Waals surface area contributed by atoms with Crippen molar-refractivity contribution in [2.24, 2.45) is 23.7 Å². The molecule has 0 bridgehead atoms. The minimum Gasteiger partial charge on any atom is -0.456 e. The van der Waals surface area contributed by atoms with Crippen molar-refractivity contribution < 1.29 is 28.3 Å². The number of ether oxygens (including phenoxy) is 1. The third-order valence-electron chi connectivity index (χ3n) is 7.79. The number of carbonyl (C=O) groups excluding carboxylic acids is 4. The third-order valence-corrected chi connectivity index (χ3v) is 7.79. The Bertz CT molecular complexity index is 1080. The lowest BCUT2D eigenvalue weighted by molar-refractivity contribution is -0.156. The van der Waals surface area contributed by atoms with Gasteiger partial charge in [-0.3, -0.25) is 14.4 Å². The second-order valence-electron chi connectivity index (χ2n) is 11.6. The Hall–Kier alpha value is -3.23. The molecule has 1 aromatic rings. The molecule has 0 saturated carbocycles. The Morgan fingerprint density at radius 3 is 2.23 bits per heavy atom. The molecule has 2 N–H and O–H groups in total. The van der Waals surface area contributed by atoms with Gasteiger partial charge in [0.15, 0.2) is 6.39 Å². The van der Waals surface area contributed by atoms with Gasteiger partial charge in [-0.15, -0.1) is 0 Å². The summed E-state index contributed by atoms with van der Waals surface area (Å²) in [6.45, 7) is 15.4. The standard InChI is InChI=1S/C31H47N3O6/c1-9-21(6)28-30(37)34-29(22(7)10-2)31(38)40-26(23(8)25(35)15-27(36)33-28)14-20(5)12-18(3)11-19(4)13-24-16-32-17-39-24/h13-14,16-18,21-23,26,28-29H,9-12,15H2,1-8H3,(H,33,36)(H,34,37)/b19-13+,20-14+/t18?,21-,22+,23+,26+,28-,29+/m1/s1. The van der Waals surface area contributed by atoms with E-state index < -0.39 is 41.9 Å². The quantitative estimate of drug-likeness (QED) is 0.235. The number of nitrogens with one attached hydrogen (secondary N) is 2. The minimum absolute atomic E-state index is 0.178. The smallest absolute Gasteiger partial charge is 0.329 e. The van der Waals surface area contributed by atoms with Gasteiger partial charge in [-0.25, -0.2) is 9.78 Å². The highest BCUT2D eigenvalue weighted by Crippen LogP contribution is 2.24. The molecule has 222 valence electrons. The first-order valence-electron chi connectivity index (χ1n) is 14.4. The molecule has 0 radical (unpaired) electrons. The van der Waals surface area contributed by atoms with Gasteiger partial charge in [-0.1, -0.05) is 65.5 Å². The summed E-state index contributed by atoms with van der Waals surface area (Å²) in [7, 11) is 0. The van der Waals surface area contributed by atoms with Crippen LogP contribution >= 0.6 is 0 Å². The van der Waals surface area contributed by atoms with E-state index in [2.05, 4.69) is 22.5 Å². The number of oxazole rings is 1. The molecule has 2 heterocycles. The average Bonchev–Trinajstić information content (AvgIpc) is 3.40. The Morgan fingerprint density at radius 2 is 1.62 bits per heavy atom. The van der Waals surface area contributed by atoms with E-state index in [-0.39, 0.29) is 30.0 Å². The Morgan fingerprint density at radius 1 is 1.00 bits per heavy atom. The molecule has 1 aliphatic heterocycles. The fourth-order valence-corrected chi connectivity index (χ4v) is 4.95. The normalized spacial score (nSPS) is 26.1. The third kappa shape index (κ3) is 9.75. The number of rotatable bonds is 10. The van der Waals surface area contributed by atoms with Crippen LogP contribution in [0.25, 0.3) is 6.08 Å². The second kappa shape index (κ2) is 15.5. The van der Waals surface area contributed by atoms with Crippen LogP contribution in [0.15, 0.2) is 34.2 Å². The molecule has 1 saturated heterocycles. The van der Waals surface area contributed by atoms with E-state index in [1.54, 1.807) is 13.1 Å². The highest BCUT2D eigenvalue weighted by atomic mass is 16.5. The molecule has 7 atom stereocenters. The van der Waals surface area contributed by atoms with Gasteiger partial charge in [0.05, 0.1) is 18.5 Å². The first kappa shape index (κ1) is 33.0. The van der Waals surface area contributed by atoms with Crippen molar-refractivity contribution in [3.63, 3.8) is 0 Å². The lowest BCUT2D eigenvalue weighted by atomic mass is 9.90. The number of hydrogen-bond acceptors (Lipinski definition) is 7. The number of carbonyl (C=O) groups is 4. The molecule has 1 aliphatic rings. The highest BCUT2D eigenvalue weighted by molar-refractivity contribution is 6.01. The van der Waals surface area contributed by atoms with Gasteiger partial charge in [0.25, 0.3) is 0 Å². The topological polar surface area (TPSA) is 128 Å². The zero-order chi connectivity index (χ0) is 30.0. The van der Waals surface area contributed by atoms with E-state index in [0.717, 1.165) is 24.0 Å². The lowest BCUT2D eigenvalue weighted by Crippen LogP contribution is -2.57. The summed E-state index contributed by atoms with van der Waals surface area (Å²) in [6, 6.07) is -1.75. The molecule has 2 amide bonds. The molecule has 9 heteroatoms. The van der Waals surface area contributed by atoms with Crippen molar-refractivity contribution in [1.82, 2.24) is 15.6 Å². The van der Waals surface area contributed by atoms with E-state index >= 15 is 0 Å². The van der Waals surface area contributed by atoms with Gasteiger partial charge in [0.1, 0.15) is 29.7 Å². The van der Waals surface area contributed by atoms with E-state index in [0.29, 0.717) is 18.6 Å². The number of ketones is 1. The number of cyclic esters (lactones) is 1. The van der Waals surface area contributed by atoms with Crippen LogP contribution in [0.5, 0.6) is 0 Å². The SMILES string of the molecule is CC[C@@H](C)[C@H]1NC(=O)CC(=O)[C@H](C)[C@H](/C=C(\C)CC(C)C/C(C)=C/c2cnco2)OC(=O)[C@H]([C@@H](C)CC)NC1=O. The first-order chi connectivity index (χ1) is 18.9. The summed E-state index contributed by atoms with van der Waals surface area (Å²) in [5.74, 6) is -2.02. The Balaban J connectivity index is 2.30. The molecule has 1 aromatic heterocycles. The van der Waals surface area contributed by atoms with E-state index in [1.165, 1.54) is 6.39 Å². The van der Waals surface area contributed by atoms with Gasteiger partial charge in [-0.05, 0) is 56.6 Å².